The zero-order valence-electron chi connectivity index (χ0n) is 37.5. The van der Waals surface area contributed by atoms with Crippen molar-refractivity contribution in [2.24, 2.45) is 9.98 Å². The third-order valence-corrected chi connectivity index (χ3v) is 11.6. The Morgan fingerprint density at radius 1 is 0.712 bits per heavy atom. The second kappa shape index (κ2) is 21.1. The van der Waals surface area contributed by atoms with Crippen molar-refractivity contribution in [1.29, 1.82) is 0 Å². The van der Waals surface area contributed by atoms with E-state index in [0.29, 0.717) is 11.5 Å². The number of unbranched alkanes of at least 4 members (excludes halogenated alkanes) is 2. The molecule has 3 aliphatic rings. The van der Waals surface area contributed by atoms with Crippen LogP contribution in [0, 0.1) is 0 Å². The van der Waals surface area contributed by atoms with Crippen molar-refractivity contribution in [3.63, 3.8) is 0 Å². The number of benzene rings is 2. The second-order valence-corrected chi connectivity index (χ2v) is 19.6. The van der Waals surface area contributed by atoms with Gasteiger partial charge in [0.15, 0.2) is 0 Å². The van der Waals surface area contributed by atoms with Crippen molar-refractivity contribution >= 4 is 30.3 Å². The summed E-state index contributed by atoms with van der Waals surface area (Å²) in [6.45, 7) is 25.5. The average molecular weight is 855 g/mol. The Morgan fingerprint density at radius 3 is 1.76 bits per heavy atom. The Bertz CT molecular complexity index is 1840. The molecule has 11 nitrogen and oxygen atoms in total. The molecular weight excluding hydrogens is 783 g/mol. The molecule has 1 saturated carbocycles. The molecule has 2 aromatic carbocycles. The van der Waals surface area contributed by atoms with Crippen LogP contribution < -0.4 is 0 Å². The van der Waals surface area contributed by atoms with Crippen LogP contribution in [0.1, 0.15) is 153 Å². The number of aromatic hydroxyl groups is 2. The van der Waals surface area contributed by atoms with Crippen LogP contribution in [0.15, 0.2) is 34.3 Å². The minimum absolute atomic E-state index is 0. The predicted octanol–water partition coefficient (Wildman–Crippen LogP) is 8.12. The first-order chi connectivity index (χ1) is 27.1. The van der Waals surface area contributed by atoms with E-state index in [9.17, 15) is 10.2 Å². The van der Waals surface area contributed by atoms with Crippen LogP contribution in [-0.4, -0.2) is 117 Å². The molecule has 0 amide bonds. The van der Waals surface area contributed by atoms with E-state index in [1.54, 1.807) is 0 Å². The van der Waals surface area contributed by atoms with Crippen LogP contribution in [0.2, 0.25) is 0 Å². The van der Waals surface area contributed by atoms with Gasteiger partial charge in [0.05, 0.1) is 51.9 Å². The maximum atomic E-state index is 11.5. The van der Waals surface area contributed by atoms with Gasteiger partial charge < -0.3 is 20.4 Å². The van der Waals surface area contributed by atoms with Crippen molar-refractivity contribution in [2.45, 2.75) is 155 Å². The number of carbonyl (C=O) groups is 2. The number of phenolic OH excluding ortho intramolecular Hbond substituents is 2. The quantitative estimate of drug-likeness (QED) is 0.0811. The first kappa shape index (κ1) is 49.5. The van der Waals surface area contributed by atoms with Gasteiger partial charge >= 0.3 is 17.9 Å². The van der Waals surface area contributed by atoms with Gasteiger partial charge in [-0.25, -0.2) is 9.59 Å². The van der Waals surface area contributed by atoms with Gasteiger partial charge in [0.2, 0.25) is 0 Å². The topological polar surface area (TPSA) is 149 Å². The molecular formula is C47H72CrN5O6+. The van der Waals surface area contributed by atoms with E-state index in [1.807, 2.05) is 12.4 Å². The number of nitrogens with zero attached hydrogens (tertiary/aromatic N) is 5. The summed E-state index contributed by atoms with van der Waals surface area (Å²) in [5.74, 6) is -1.53. The van der Waals surface area contributed by atoms with E-state index in [4.69, 9.17) is 29.8 Å². The Labute approximate surface area is 364 Å². The molecule has 4 N–H and O–H groups in total. The number of phenols is 2. The summed E-state index contributed by atoms with van der Waals surface area (Å²) in [7, 11) is 2.25. The molecule has 2 heterocycles. The molecule has 59 heavy (non-hydrogen) atoms. The van der Waals surface area contributed by atoms with Crippen molar-refractivity contribution < 1.29 is 52.0 Å². The van der Waals surface area contributed by atoms with Crippen LogP contribution in [0.4, 0.5) is 0 Å². The van der Waals surface area contributed by atoms with E-state index >= 15 is 0 Å². The fraction of sp³-hybridized carbons (Fsp3) is 0.638. The number of fused-ring (bicyclic) bond motifs is 1. The van der Waals surface area contributed by atoms with Gasteiger partial charge in [0.1, 0.15) is 11.5 Å². The maximum absolute atomic E-state index is 11.5. The number of rotatable bonds is 10. The molecule has 12 heteroatoms. The molecule has 326 valence electrons. The Kier molecular flexibility index (Phi) is 17.7. The summed E-state index contributed by atoms with van der Waals surface area (Å²) in [4.78, 5) is 33.6. The van der Waals surface area contributed by atoms with E-state index < -0.39 is 11.9 Å². The van der Waals surface area contributed by atoms with Crippen molar-refractivity contribution in [3.8, 4) is 11.5 Å². The van der Waals surface area contributed by atoms with E-state index in [2.05, 4.69) is 108 Å². The fourth-order valence-electron chi connectivity index (χ4n) is 8.25. The maximum Gasteiger partial charge on any atom is 0.414 e. The molecule has 2 aromatic rings. The van der Waals surface area contributed by atoms with Gasteiger partial charge in [-0.2, -0.15) is 0 Å². The molecule has 1 saturated heterocycles. The molecule has 2 fully saturated rings. The molecule has 0 bridgehead atoms. The molecule has 2 atom stereocenters. The Hall–Kier alpha value is -3.88. The molecule has 0 radical (unpaired) electrons. The van der Waals surface area contributed by atoms with Crippen LogP contribution in [0.5, 0.6) is 11.5 Å². The normalized spacial score (nSPS) is 19.0. The zero-order valence-corrected chi connectivity index (χ0v) is 38.8. The van der Waals surface area contributed by atoms with Crippen LogP contribution in [0.25, 0.3) is 0 Å². The second-order valence-electron chi connectivity index (χ2n) is 19.6. The third-order valence-electron chi connectivity index (χ3n) is 11.6. The van der Waals surface area contributed by atoms with Gasteiger partial charge in [-0.1, -0.05) is 87.3 Å². The minimum atomic E-state index is -1.82. The number of aryl methyl sites for hydroxylation is 1. The number of carboxylic acid groups (broad SMARTS) is 2. The van der Waals surface area contributed by atoms with Gasteiger partial charge in [-0.3, -0.25) is 24.4 Å². The molecule has 2 unspecified atom stereocenters. The number of hydrogen-bond acceptors (Lipinski definition) is 8. The number of aliphatic carboxylic acids is 2. The monoisotopic (exact) mass is 854 g/mol. The van der Waals surface area contributed by atoms with Crippen LogP contribution in [-0.2, 0) is 49.6 Å². The van der Waals surface area contributed by atoms with Gasteiger partial charge in [0, 0.05) is 64.9 Å². The standard InChI is InChI=1S/C45H69N5O2.C2H2O4.Cr/c1-43(2,3)35-28-34(41(52)37(29-35)45(7,8)9)31-47-39-20-14-13-19-38(39)46-30-33-26-32(27-36(40(33)51)44(4,5)6)18-12-11-15-22-49-24-17-25-50-23-16-21-48(10)42(49)50;3-1(4)2(5)6;/h26-31,38-39H,11-25H2,1-10H3,(H-,46,47,51,52);(H,3,4)(H,5,6);/p+1. The molecule has 2 aliphatic heterocycles. The first-order valence-electron chi connectivity index (χ1n) is 21.4. The SMILES string of the molecule is C[N+]1=C2N(CCCCCc3cc(C=NC4CCCCC4N=Cc4cc(C(C)(C)C)cc(C(C)(C)C)c4O)c(O)c(C(C)(C)C)c3)CCCN2CCC1.O=C(O)C(=O)O.[Cr]. The molecule has 0 aromatic heterocycles. The summed E-state index contributed by atoms with van der Waals surface area (Å²) in [6.07, 6.45) is 15.0. The number of carboxylic acids is 2. The minimum Gasteiger partial charge on any atom is -0.507 e. The van der Waals surface area contributed by atoms with Crippen molar-refractivity contribution in [3.05, 3.63) is 57.6 Å². The first-order valence-corrected chi connectivity index (χ1v) is 21.4. The fourth-order valence-corrected chi connectivity index (χ4v) is 8.25. The average Bonchev–Trinajstić information content (AvgIpc) is 3.13. The number of guanidine groups is 1. The third kappa shape index (κ3) is 13.8. The number of hydrogen-bond donors (Lipinski definition) is 4. The van der Waals surface area contributed by atoms with Gasteiger partial charge in [-0.15, -0.1) is 0 Å². The molecule has 1 aliphatic carbocycles. The summed E-state index contributed by atoms with van der Waals surface area (Å²) >= 11 is 0. The Morgan fingerprint density at radius 2 is 1.24 bits per heavy atom. The van der Waals surface area contributed by atoms with Crippen molar-refractivity contribution in [2.75, 3.05) is 39.8 Å². The van der Waals surface area contributed by atoms with E-state index in [1.165, 1.54) is 62.4 Å². The van der Waals surface area contributed by atoms with Crippen LogP contribution >= 0.6 is 0 Å². The predicted molar refractivity (Wildman–Crippen MR) is 235 cm³/mol. The Balaban J connectivity index is 0.00000123. The summed E-state index contributed by atoms with van der Waals surface area (Å²) in [5, 5.41) is 37.7. The summed E-state index contributed by atoms with van der Waals surface area (Å²) in [5.41, 5.74) is 5.59. The van der Waals surface area contributed by atoms with Crippen molar-refractivity contribution in [1.82, 2.24) is 9.80 Å². The largest absolute Gasteiger partial charge is 0.507 e. The summed E-state index contributed by atoms with van der Waals surface area (Å²) in [6, 6.07) is 8.71. The number of aliphatic imine (C=N–C) groups is 2. The molecule has 0 spiro atoms. The van der Waals surface area contributed by atoms with Gasteiger partial charge in [-0.05, 0) is 78.0 Å². The van der Waals surface area contributed by atoms with Gasteiger partial charge in [0.25, 0.3) is 0 Å². The smallest absolute Gasteiger partial charge is 0.414 e. The van der Waals surface area contributed by atoms with E-state index in [-0.39, 0.29) is 45.7 Å². The molecule has 5 rings (SSSR count). The zero-order chi connectivity index (χ0) is 43.0. The van der Waals surface area contributed by atoms with E-state index in [0.717, 1.165) is 73.9 Å². The summed E-state index contributed by atoms with van der Waals surface area (Å²) < 4.78 is 2.46. The van der Waals surface area contributed by atoms with Crippen LogP contribution in [0.3, 0.4) is 0 Å².